The van der Waals surface area contributed by atoms with E-state index in [1.165, 1.54) is 22.8 Å². The Bertz CT molecular complexity index is 1080. The summed E-state index contributed by atoms with van der Waals surface area (Å²) in [5, 5.41) is 9.33. The summed E-state index contributed by atoms with van der Waals surface area (Å²) < 4.78 is 3.49. The lowest BCUT2D eigenvalue weighted by atomic mass is 10.1. The molecule has 6 nitrogen and oxygen atoms in total. The number of hydrogen-bond acceptors (Lipinski definition) is 3. The van der Waals surface area contributed by atoms with Crippen molar-refractivity contribution < 1.29 is 9.90 Å². The lowest BCUT2D eigenvalue weighted by Crippen LogP contribution is -2.39. The molecule has 0 spiro atoms. The number of fused-ring (bicyclic) bond motifs is 1. The highest BCUT2D eigenvalue weighted by molar-refractivity contribution is 14.1. The van der Waals surface area contributed by atoms with Crippen molar-refractivity contribution >= 4 is 39.5 Å². The van der Waals surface area contributed by atoms with Gasteiger partial charge in [0.25, 0.3) is 5.56 Å². The van der Waals surface area contributed by atoms with Gasteiger partial charge in [-0.15, -0.1) is 0 Å². The fourth-order valence-corrected chi connectivity index (χ4v) is 3.21. The summed E-state index contributed by atoms with van der Waals surface area (Å²) in [6, 6.07) is 11.7. The molecule has 0 unspecified atom stereocenters. The van der Waals surface area contributed by atoms with Crippen molar-refractivity contribution in [1.82, 2.24) is 9.13 Å². The summed E-state index contributed by atoms with van der Waals surface area (Å²) >= 11 is 2.16. The summed E-state index contributed by atoms with van der Waals surface area (Å²) in [7, 11) is 1.57. The molecule has 0 aliphatic carbocycles. The Hall–Kier alpha value is -2.42. The molecular weight excluding hydrogens is 423 g/mol. The average Bonchev–Trinajstić information content (AvgIpc) is 2.56. The number of aromatic nitrogens is 2. The Morgan fingerprint density at radius 1 is 1.17 bits per heavy atom. The molecule has 0 aliphatic heterocycles. The van der Waals surface area contributed by atoms with Gasteiger partial charge in [0.05, 0.1) is 23.0 Å². The molecule has 24 heavy (non-hydrogen) atoms. The van der Waals surface area contributed by atoms with E-state index < -0.39 is 17.2 Å². The summed E-state index contributed by atoms with van der Waals surface area (Å²) in [4.78, 5) is 36.4. The molecule has 1 heterocycles. The first kappa shape index (κ1) is 16.4. The minimum atomic E-state index is -1.12. The number of aryl methyl sites for hydroxylation is 1. The van der Waals surface area contributed by atoms with Crippen molar-refractivity contribution in [2.75, 3.05) is 0 Å². The molecule has 1 N–H and O–H groups in total. The molecule has 122 valence electrons. The van der Waals surface area contributed by atoms with Crippen molar-refractivity contribution in [2.24, 2.45) is 7.05 Å². The van der Waals surface area contributed by atoms with Gasteiger partial charge >= 0.3 is 11.7 Å². The predicted octanol–water partition coefficient (Wildman–Crippen LogP) is 2.05. The van der Waals surface area contributed by atoms with Crippen LogP contribution in [0.2, 0.25) is 0 Å². The fraction of sp³-hybridized carbons (Fsp3) is 0.118. The molecule has 0 fully saturated rings. The number of carbonyl (C=O) groups is 1. The van der Waals surface area contributed by atoms with Crippen LogP contribution < -0.4 is 11.2 Å². The van der Waals surface area contributed by atoms with Gasteiger partial charge in [-0.2, -0.15) is 0 Å². The predicted molar refractivity (Wildman–Crippen MR) is 98.7 cm³/mol. The Labute approximate surface area is 150 Å². The van der Waals surface area contributed by atoms with Crippen molar-refractivity contribution in [3.8, 4) is 0 Å². The zero-order valence-corrected chi connectivity index (χ0v) is 14.9. The molecule has 0 saturated heterocycles. The number of nitrogens with zero attached hydrogens (tertiary/aromatic N) is 2. The van der Waals surface area contributed by atoms with Gasteiger partial charge in [0, 0.05) is 10.6 Å². The molecular formula is C17H13IN2O4. The quantitative estimate of drug-likeness (QED) is 0.638. The Morgan fingerprint density at radius 2 is 1.92 bits per heavy atom. The lowest BCUT2D eigenvalue weighted by molar-refractivity contribution is 0.0697. The normalized spacial score (nSPS) is 10.9. The highest BCUT2D eigenvalue weighted by Crippen LogP contribution is 2.12. The smallest absolute Gasteiger partial charge is 0.335 e. The third-order valence-corrected chi connectivity index (χ3v) is 4.50. The Morgan fingerprint density at radius 3 is 2.58 bits per heavy atom. The second-order valence-electron chi connectivity index (χ2n) is 5.40. The third-order valence-electron chi connectivity index (χ3n) is 3.83. The zero-order chi connectivity index (χ0) is 17.4. The highest BCUT2D eigenvalue weighted by atomic mass is 127. The maximum absolute atomic E-state index is 12.7. The van der Waals surface area contributed by atoms with Crippen molar-refractivity contribution in [3.05, 3.63) is 78.0 Å². The summed E-state index contributed by atoms with van der Waals surface area (Å²) in [5.41, 5.74) is 0.326. The first-order chi connectivity index (χ1) is 11.4. The Kier molecular flexibility index (Phi) is 4.27. The molecule has 1 aromatic heterocycles. The molecule has 7 heteroatoms. The fourth-order valence-electron chi connectivity index (χ4n) is 2.61. The van der Waals surface area contributed by atoms with Crippen LogP contribution in [0.5, 0.6) is 0 Å². The average molecular weight is 436 g/mol. The first-order valence-electron chi connectivity index (χ1n) is 7.10. The van der Waals surface area contributed by atoms with Crippen LogP contribution in [0.4, 0.5) is 0 Å². The van der Waals surface area contributed by atoms with Gasteiger partial charge in [0.1, 0.15) is 0 Å². The molecule has 0 aliphatic rings. The lowest BCUT2D eigenvalue weighted by Gasteiger charge is -2.11. The topological polar surface area (TPSA) is 81.3 Å². The first-order valence-corrected chi connectivity index (χ1v) is 8.17. The second kappa shape index (κ2) is 6.23. The van der Waals surface area contributed by atoms with Crippen LogP contribution in [0.3, 0.4) is 0 Å². The summed E-state index contributed by atoms with van der Waals surface area (Å²) in [6.07, 6.45) is 0. The number of aromatic carboxylic acids is 1. The monoisotopic (exact) mass is 436 g/mol. The van der Waals surface area contributed by atoms with Crippen LogP contribution in [0.1, 0.15) is 15.9 Å². The van der Waals surface area contributed by atoms with Crippen LogP contribution in [-0.2, 0) is 13.6 Å². The van der Waals surface area contributed by atoms with Gasteiger partial charge in [0.2, 0.25) is 0 Å². The molecule has 0 amide bonds. The van der Waals surface area contributed by atoms with E-state index in [1.54, 1.807) is 7.05 Å². The van der Waals surface area contributed by atoms with E-state index in [0.29, 0.717) is 5.52 Å². The van der Waals surface area contributed by atoms with Gasteiger partial charge in [-0.05, 0) is 58.5 Å². The summed E-state index contributed by atoms with van der Waals surface area (Å²) in [6.45, 7) is 0.135. The van der Waals surface area contributed by atoms with Gasteiger partial charge in [0.15, 0.2) is 0 Å². The van der Waals surface area contributed by atoms with Crippen LogP contribution in [0.25, 0.3) is 10.9 Å². The maximum Gasteiger partial charge on any atom is 0.335 e. The molecule has 0 radical (unpaired) electrons. The highest BCUT2D eigenvalue weighted by Gasteiger charge is 2.13. The van der Waals surface area contributed by atoms with Crippen molar-refractivity contribution in [2.45, 2.75) is 6.54 Å². The van der Waals surface area contributed by atoms with Crippen LogP contribution >= 0.6 is 22.6 Å². The van der Waals surface area contributed by atoms with E-state index in [0.717, 1.165) is 13.7 Å². The van der Waals surface area contributed by atoms with E-state index in [4.69, 9.17) is 5.11 Å². The van der Waals surface area contributed by atoms with E-state index in [9.17, 15) is 14.4 Å². The van der Waals surface area contributed by atoms with Crippen LogP contribution in [0.15, 0.2) is 52.1 Å². The molecule has 0 bridgehead atoms. The third kappa shape index (κ3) is 2.86. The molecule has 2 aromatic carbocycles. The number of carboxylic acids is 1. The van der Waals surface area contributed by atoms with Gasteiger partial charge in [-0.25, -0.2) is 9.59 Å². The van der Waals surface area contributed by atoms with E-state index in [2.05, 4.69) is 22.6 Å². The van der Waals surface area contributed by atoms with Gasteiger partial charge in [-0.3, -0.25) is 13.9 Å². The molecule has 0 atom stereocenters. The number of carboxylic acid groups (broad SMARTS) is 1. The summed E-state index contributed by atoms with van der Waals surface area (Å²) in [5.74, 6) is -1.12. The van der Waals surface area contributed by atoms with E-state index in [1.807, 2.05) is 24.3 Å². The largest absolute Gasteiger partial charge is 0.478 e. The van der Waals surface area contributed by atoms with Gasteiger partial charge in [-0.1, -0.05) is 12.1 Å². The number of benzene rings is 2. The van der Waals surface area contributed by atoms with Crippen LogP contribution in [-0.4, -0.2) is 20.2 Å². The van der Waals surface area contributed by atoms with E-state index in [-0.39, 0.29) is 17.5 Å². The second-order valence-corrected chi connectivity index (χ2v) is 6.65. The molecule has 3 aromatic rings. The van der Waals surface area contributed by atoms with Crippen LogP contribution in [0, 0.1) is 3.57 Å². The van der Waals surface area contributed by atoms with E-state index >= 15 is 0 Å². The Balaban J connectivity index is 2.26. The molecule has 0 saturated carbocycles. The minimum absolute atomic E-state index is 0.0130. The molecule has 3 rings (SSSR count). The number of hydrogen-bond donors (Lipinski definition) is 1. The van der Waals surface area contributed by atoms with Crippen molar-refractivity contribution in [1.29, 1.82) is 0 Å². The number of rotatable bonds is 3. The number of halogens is 1. The zero-order valence-electron chi connectivity index (χ0n) is 12.7. The van der Waals surface area contributed by atoms with Gasteiger partial charge < -0.3 is 5.11 Å². The van der Waals surface area contributed by atoms with Crippen molar-refractivity contribution in [3.63, 3.8) is 0 Å². The SMILES string of the molecule is Cn1c(=O)n(Cc2cccc(I)c2)c(=O)c2cc(C(=O)O)ccc21. The minimum Gasteiger partial charge on any atom is -0.478 e. The standard InChI is InChI=1S/C17H13IN2O4/c1-19-14-6-5-11(16(22)23)8-13(14)15(21)20(17(19)24)9-10-3-2-4-12(18)7-10/h2-8H,9H2,1H3,(H,22,23). The maximum atomic E-state index is 12.7.